The van der Waals surface area contributed by atoms with Crippen LogP contribution in [0, 0.1) is 0 Å². The highest BCUT2D eigenvalue weighted by atomic mass is 79.9. The number of carbonyl (C=O) groups excluding carboxylic acids is 2. The number of sulfonamides is 1. The van der Waals surface area contributed by atoms with Gasteiger partial charge >= 0.3 is 0 Å². The van der Waals surface area contributed by atoms with Crippen LogP contribution in [0.15, 0.2) is 94.3 Å². The summed E-state index contributed by atoms with van der Waals surface area (Å²) in [5.41, 5.74) is 1.39. The molecule has 208 valence electrons. The Hall–Kier alpha value is -3.17. The predicted octanol–water partition coefficient (Wildman–Crippen LogP) is 5.41. The van der Waals surface area contributed by atoms with Crippen LogP contribution in [-0.4, -0.2) is 50.8 Å². The van der Waals surface area contributed by atoms with Crippen LogP contribution >= 0.6 is 15.9 Å². The number of hydrogen-bond donors (Lipinski definition) is 1. The minimum Gasteiger partial charge on any atom is -0.354 e. The van der Waals surface area contributed by atoms with Crippen LogP contribution in [-0.2, 0) is 26.0 Å². The van der Waals surface area contributed by atoms with E-state index in [0.717, 1.165) is 27.2 Å². The summed E-state index contributed by atoms with van der Waals surface area (Å²) in [5.74, 6) is -0.667. The molecule has 3 aromatic carbocycles. The molecule has 0 aliphatic heterocycles. The van der Waals surface area contributed by atoms with Gasteiger partial charge in [-0.2, -0.15) is 0 Å². The summed E-state index contributed by atoms with van der Waals surface area (Å²) in [6, 6.07) is 23.8. The standard InChI is InChI=1S/C30H36BrN3O4S/c1-3-5-21-32-30(36)28(4-2)33(22-20-24-12-8-6-9-13-24)29(35)23-34(26-18-16-25(31)17-19-26)39(37,38)27-14-10-7-11-15-27/h6-19,28H,3-5,20-23H2,1-2H3,(H,32,36). The molecule has 1 N–H and O–H groups in total. The van der Waals surface area contributed by atoms with Gasteiger partial charge in [-0.15, -0.1) is 0 Å². The molecular formula is C30H36BrN3O4S. The highest BCUT2D eigenvalue weighted by molar-refractivity contribution is 9.10. The van der Waals surface area contributed by atoms with E-state index in [-0.39, 0.29) is 17.3 Å². The van der Waals surface area contributed by atoms with Crippen molar-refractivity contribution in [3.8, 4) is 0 Å². The lowest BCUT2D eigenvalue weighted by atomic mass is 10.1. The average Bonchev–Trinajstić information content (AvgIpc) is 2.95. The third-order valence-electron chi connectivity index (χ3n) is 6.42. The van der Waals surface area contributed by atoms with Gasteiger partial charge in [0.05, 0.1) is 10.6 Å². The van der Waals surface area contributed by atoms with E-state index in [1.165, 1.54) is 17.0 Å². The zero-order valence-electron chi connectivity index (χ0n) is 22.4. The summed E-state index contributed by atoms with van der Waals surface area (Å²) in [6.45, 7) is 4.28. The van der Waals surface area contributed by atoms with Crippen molar-refractivity contribution < 1.29 is 18.0 Å². The number of anilines is 1. The molecule has 2 amide bonds. The number of nitrogens with one attached hydrogen (secondary N) is 1. The van der Waals surface area contributed by atoms with Gasteiger partial charge in [-0.3, -0.25) is 13.9 Å². The van der Waals surface area contributed by atoms with Gasteiger partial charge in [-0.25, -0.2) is 8.42 Å². The molecule has 7 nitrogen and oxygen atoms in total. The number of rotatable bonds is 14. The lowest BCUT2D eigenvalue weighted by Gasteiger charge is -2.33. The van der Waals surface area contributed by atoms with Gasteiger partial charge in [0, 0.05) is 17.6 Å². The number of nitrogens with zero attached hydrogens (tertiary/aromatic N) is 2. The van der Waals surface area contributed by atoms with Crippen molar-refractivity contribution in [2.45, 2.75) is 50.5 Å². The smallest absolute Gasteiger partial charge is 0.264 e. The van der Waals surface area contributed by atoms with Crippen LogP contribution in [0.4, 0.5) is 5.69 Å². The molecule has 0 heterocycles. The van der Waals surface area contributed by atoms with Crippen LogP contribution in [0.2, 0.25) is 0 Å². The van der Waals surface area contributed by atoms with Crippen LogP contribution in [0.1, 0.15) is 38.7 Å². The summed E-state index contributed by atoms with van der Waals surface area (Å²) >= 11 is 3.39. The Balaban J connectivity index is 1.96. The second-order valence-corrected chi connectivity index (χ2v) is 12.0. The highest BCUT2D eigenvalue weighted by Crippen LogP contribution is 2.26. The molecule has 0 saturated carbocycles. The quantitative estimate of drug-likeness (QED) is 0.246. The number of halogens is 1. The molecular weight excluding hydrogens is 578 g/mol. The van der Waals surface area contributed by atoms with Crippen molar-refractivity contribution >= 4 is 43.5 Å². The van der Waals surface area contributed by atoms with E-state index in [0.29, 0.717) is 25.1 Å². The number of benzene rings is 3. The van der Waals surface area contributed by atoms with Crippen LogP contribution in [0.5, 0.6) is 0 Å². The SMILES string of the molecule is CCCCNC(=O)C(CC)N(CCc1ccccc1)C(=O)CN(c1ccc(Br)cc1)S(=O)(=O)c1ccccc1. The van der Waals surface area contributed by atoms with Crippen molar-refractivity contribution in [1.29, 1.82) is 0 Å². The maximum atomic E-state index is 14.0. The molecule has 0 radical (unpaired) electrons. The van der Waals surface area contributed by atoms with Crippen molar-refractivity contribution in [2.75, 3.05) is 23.9 Å². The third kappa shape index (κ3) is 8.41. The lowest BCUT2D eigenvalue weighted by Crippen LogP contribution is -2.53. The van der Waals surface area contributed by atoms with E-state index in [4.69, 9.17) is 0 Å². The first-order chi connectivity index (χ1) is 18.8. The molecule has 0 fully saturated rings. The van der Waals surface area contributed by atoms with Gasteiger partial charge < -0.3 is 10.2 Å². The normalized spacial score (nSPS) is 12.0. The Morgan fingerprint density at radius 3 is 2.10 bits per heavy atom. The molecule has 0 bridgehead atoms. The van der Waals surface area contributed by atoms with Gasteiger partial charge in [-0.05, 0) is 61.2 Å². The van der Waals surface area contributed by atoms with Crippen molar-refractivity contribution in [1.82, 2.24) is 10.2 Å². The van der Waals surface area contributed by atoms with E-state index >= 15 is 0 Å². The van der Waals surface area contributed by atoms with Crippen molar-refractivity contribution in [3.05, 3.63) is 95.0 Å². The fourth-order valence-corrected chi connectivity index (χ4v) is 5.96. The first-order valence-electron chi connectivity index (χ1n) is 13.2. The summed E-state index contributed by atoms with van der Waals surface area (Å²) in [6.07, 6.45) is 2.72. The zero-order valence-corrected chi connectivity index (χ0v) is 24.8. The first kappa shape index (κ1) is 30.4. The van der Waals surface area contributed by atoms with Gasteiger partial charge in [0.2, 0.25) is 11.8 Å². The van der Waals surface area contributed by atoms with E-state index in [1.54, 1.807) is 42.5 Å². The van der Waals surface area contributed by atoms with Crippen LogP contribution in [0.25, 0.3) is 0 Å². The van der Waals surface area contributed by atoms with Gasteiger partial charge in [-0.1, -0.05) is 84.7 Å². The minimum absolute atomic E-state index is 0.0842. The summed E-state index contributed by atoms with van der Waals surface area (Å²) < 4.78 is 29.4. The summed E-state index contributed by atoms with van der Waals surface area (Å²) in [4.78, 5) is 28.7. The van der Waals surface area contributed by atoms with E-state index in [9.17, 15) is 18.0 Å². The number of amides is 2. The molecule has 9 heteroatoms. The fraction of sp³-hybridized carbons (Fsp3) is 0.333. The molecule has 3 aromatic rings. The van der Waals surface area contributed by atoms with E-state index < -0.39 is 28.5 Å². The molecule has 0 spiro atoms. The van der Waals surface area contributed by atoms with E-state index in [1.807, 2.05) is 44.2 Å². The lowest BCUT2D eigenvalue weighted by molar-refractivity contribution is -0.139. The average molecular weight is 615 g/mol. The Morgan fingerprint density at radius 1 is 0.897 bits per heavy atom. The third-order valence-corrected chi connectivity index (χ3v) is 8.74. The molecule has 1 atom stereocenters. The van der Waals surface area contributed by atoms with Gasteiger partial charge in [0.1, 0.15) is 12.6 Å². The maximum absolute atomic E-state index is 14.0. The number of hydrogen-bond acceptors (Lipinski definition) is 4. The topological polar surface area (TPSA) is 86.8 Å². The first-order valence-corrected chi connectivity index (χ1v) is 15.5. The second-order valence-electron chi connectivity index (χ2n) is 9.19. The van der Waals surface area contributed by atoms with Gasteiger partial charge in [0.25, 0.3) is 10.0 Å². The Labute approximate surface area is 240 Å². The monoisotopic (exact) mass is 613 g/mol. The summed E-state index contributed by atoms with van der Waals surface area (Å²) in [7, 11) is -4.06. The van der Waals surface area contributed by atoms with E-state index in [2.05, 4.69) is 21.2 Å². The number of carbonyl (C=O) groups is 2. The number of unbranched alkanes of at least 4 members (excludes halogenated alkanes) is 1. The Kier molecular flexibility index (Phi) is 11.6. The highest BCUT2D eigenvalue weighted by Gasteiger charge is 2.33. The molecule has 1 unspecified atom stereocenters. The van der Waals surface area contributed by atoms with Crippen molar-refractivity contribution in [3.63, 3.8) is 0 Å². The summed E-state index contributed by atoms with van der Waals surface area (Å²) in [5, 5.41) is 2.95. The molecule has 0 aliphatic carbocycles. The largest absolute Gasteiger partial charge is 0.354 e. The Morgan fingerprint density at radius 2 is 1.51 bits per heavy atom. The van der Waals surface area contributed by atoms with Crippen molar-refractivity contribution in [2.24, 2.45) is 0 Å². The zero-order chi connectivity index (χ0) is 28.3. The molecule has 0 saturated heterocycles. The van der Waals surface area contributed by atoms with Crippen LogP contribution in [0.3, 0.4) is 0 Å². The predicted molar refractivity (Wildman–Crippen MR) is 159 cm³/mol. The molecule has 0 aromatic heterocycles. The minimum atomic E-state index is -4.06. The molecule has 0 aliphatic rings. The fourth-order valence-electron chi connectivity index (χ4n) is 4.26. The maximum Gasteiger partial charge on any atom is 0.264 e. The Bertz CT molecular complexity index is 1300. The van der Waals surface area contributed by atoms with Crippen LogP contribution < -0.4 is 9.62 Å². The van der Waals surface area contributed by atoms with Gasteiger partial charge in [0.15, 0.2) is 0 Å². The molecule has 39 heavy (non-hydrogen) atoms. The molecule has 3 rings (SSSR count). The second kappa shape index (κ2) is 14.8.